The first-order valence-corrected chi connectivity index (χ1v) is 10.2. The molecule has 7 heteroatoms. The highest BCUT2D eigenvalue weighted by Crippen LogP contribution is 2.12. The lowest BCUT2D eigenvalue weighted by Gasteiger charge is -2.14. The topological polar surface area (TPSA) is 58.2 Å². The average molecular weight is 406 g/mol. The van der Waals surface area contributed by atoms with Gasteiger partial charge in [-0.3, -0.25) is 9.59 Å². The molecule has 0 fully saturated rings. The van der Waals surface area contributed by atoms with Crippen LogP contribution in [0.3, 0.4) is 0 Å². The van der Waals surface area contributed by atoms with Crippen molar-refractivity contribution in [1.82, 2.24) is 5.32 Å². The normalized spacial score (nSPS) is 11.7. The fourth-order valence-corrected chi connectivity index (χ4v) is 3.25. The molecule has 0 spiro atoms. The second kappa shape index (κ2) is 10.8. The predicted molar refractivity (Wildman–Crippen MR) is 109 cm³/mol. The molecule has 2 aromatic rings. The van der Waals surface area contributed by atoms with Crippen molar-refractivity contribution in [3.63, 3.8) is 0 Å². The van der Waals surface area contributed by atoms with E-state index in [0.29, 0.717) is 18.4 Å². The highest BCUT2D eigenvalue weighted by molar-refractivity contribution is 8.00. The van der Waals surface area contributed by atoms with Crippen LogP contribution in [0, 0.1) is 18.6 Å². The highest BCUT2D eigenvalue weighted by atomic mass is 32.2. The van der Waals surface area contributed by atoms with Gasteiger partial charge in [0.25, 0.3) is 0 Å². The Morgan fingerprint density at radius 1 is 1.04 bits per heavy atom. The van der Waals surface area contributed by atoms with Crippen LogP contribution in [0.1, 0.15) is 24.5 Å². The highest BCUT2D eigenvalue weighted by Gasteiger charge is 2.10. The second-order valence-corrected chi connectivity index (χ2v) is 7.65. The summed E-state index contributed by atoms with van der Waals surface area (Å²) in [6, 6.07) is 11.2. The van der Waals surface area contributed by atoms with E-state index in [4.69, 9.17) is 0 Å². The summed E-state index contributed by atoms with van der Waals surface area (Å²) in [4.78, 5) is 23.9. The molecule has 150 valence electrons. The van der Waals surface area contributed by atoms with Crippen LogP contribution >= 0.6 is 11.8 Å². The van der Waals surface area contributed by atoms with Crippen LogP contribution < -0.4 is 10.6 Å². The van der Waals surface area contributed by atoms with Crippen molar-refractivity contribution in [1.29, 1.82) is 0 Å². The Labute approximate surface area is 168 Å². The molecule has 0 bridgehead atoms. The van der Waals surface area contributed by atoms with Crippen LogP contribution in [-0.2, 0) is 16.0 Å². The molecule has 0 aliphatic heterocycles. The Hall–Kier alpha value is -2.41. The number of hydrogen-bond donors (Lipinski definition) is 2. The standard InChI is InChI=1S/C21H24F2N2O2S/c1-14-4-3-5-17(10-14)25-21(27)13-28-12-20(26)24-15(2)6-7-16-8-9-18(22)19(23)11-16/h3-5,8-11,15H,6-7,12-13H2,1-2H3,(H,24,26)(H,25,27). The lowest BCUT2D eigenvalue weighted by molar-refractivity contribution is -0.119. The monoisotopic (exact) mass is 406 g/mol. The Bertz CT molecular complexity index is 830. The minimum Gasteiger partial charge on any atom is -0.353 e. The smallest absolute Gasteiger partial charge is 0.234 e. The van der Waals surface area contributed by atoms with E-state index in [0.717, 1.165) is 17.3 Å². The number of rotatable bonds is 9. The number of carbonyl (C=O) groups excluding carboxylic acids is 2. The van der Waals surface area contributed by atoms with Crippen LogP contribution in [0.2, 0.25) is 0 Å². The summed E-state index contributed by atoms with van der Waals surface area (Å²) in [5.74, 6) is -1.69. The van der Waals surface area contributed by atoms with Crippen molar-refractivity contribution in [2.75, 3.05) is 16.8 Å². The molecule has 2 N–H and O–H groups in total. The van der Waals surface area contributed by atoms with Gasteiger partial charge in [-0.1, -0.05) is 18.2 Å². The van der Waals surface area contributed by atoms with Crippen molar-refractivity contribution in [3.8, 4) is 0 Å². The molecule has 2 aromatic carbocycles. The molecule has 1 atom stereocenters. The van der Waals surface area contributed by atoms with Gasteiger partial charge in [0, 0.05) is 11.7 Å². The van der Waals surface area contributed by atoms with E-state index >= 15 is 0 Å². The first-order valence-electron chi connectivity index (χ1n) is 9.01. The molecule has 0 saturated heterocycles. The van der Waals surface area contributed by atoms with E-state index in [-0.39, 0.29) is 29.4 Å². The number of thioether (sulfide) groups is 1. The summed E-state index contributed by atoms with van der Waals surface area (Å²) >= 11 is 1.24. The maximum absolute atomic E-state index is 13.2. The zero-order valence-corrected chi connectivity index (χ0v) is 16.7. The largest absolute Gasteiger partial charge is 0.353 e. The van der Waals surface area contributed by atoms with E-state index in [1.165, 1.54) is 23.9 Å². The Morgan fingerprint density at radius 2 is 1.79 bits per heavy atom. The summed E-state index contributed by atoms with van der Waals surface area (Å²) in [5.41, 5.74) is 2.48. The van der Waals surface area contributed by atoms with Crippen LogP contribution in [0.4, 0.5) is 14.5 Å². The minimum absolute atomic E-state index is 0.109. The number of nitrogens with one attached hydrogen (secondary N) is 2. The Kier molecular flexibility index (Phi) is 8.44. The summed E-state index contributed by atoms with van der Waals surface area (Å²) < 4.78 is 26.1. The van der Waals surface area contributed by atoms with Crippen LogP contribution in [0.15, 0.2) is 42.5 Å². The lowest BCUT2D eigenvalue weighted by atomic mass is 10.1. The quantitative estimate of drug-likeness (QED) is 0.660. The van der Waals surface area contributed by atoms with Crippen molar-refractivity contribution < 1.29 is 18.4 Å². The first-order chi connectivity index (χ1) is 13.3. The van der Waals surface area contributed by atoms with Crippen LogP contribution in [0.5, 0.6) is 0 Å². The van der Waals surface area contributed by atoms with Crippen molar-refractivity contribution >= 4 is 29.3 Å². The zero-order valence-electron chi connectivity index (χ0n) is 15.9. The predicted octanol–water partition coefficient (Wildman–Crippen LogP) is 4.08. The van der Waals surface area contributed by atoms with Crippen molar-refractivity contribution in [2.45, 2.75) is 32.7 Å². The molecule has 1 unspecified atom stereocenters. The second-order valence-electron chi connectivity index (χ2n) is 6.67. The van der Waals surface area contributed by atoms with Gasteiger partial charge in [0.1, 0.15) is 0 Å². The third-order valence-corrected chi connectivity index (χ3v) is 4.96. The number of aryl methyl sites for hydroxylation is 2. The van der Waals surface area contributed by atoms with Crippen LogP contribution in [-0.4, -0.2) is 29.4 Å². The summed E-state index contributed by atoms with van der Waals surface area (Å²) in [5, 5.41) is 5.64. The molecular formula is C21H24F2N2O2S. The minimum atomic E-state index is -0.867. The third kappa shape index (κ3) is 7.68. The molecule has 28 heavy (non-hydrogen) atoms. The van der Waals surface area contributed by atoms with Gasteiger partial charge < -0.3 is 10.6 Å². The number of amides is 2. The van der Waals surface area contributed by atoms with E-state index in [2.05, 4.69) is 10.6 Å². The first kappa shape index (κ1) is 21.9. The molecule has 0 aliphatic rings. The molecule has 0 aromatic heterocycles. The van der Waals surface area contributed by atoms with Gasteiger partial charge in [-0.25, -0.2) is 8.78 Å². The molecule has 0 radical (unpaired) electrons. The fraction of sp³-hybridized carbons (Fsp3) is 0.333. The number of benzene rings is 2. The number of anilines is 1. The fourth-order valence-electron chi connectivity index (χ4n) is 2.62. The number of hydrogen-bond acceptors (Lipinski definition) is 3. The SMILES string of the molecule is Cc1cccc(NC(=O)CSCC(=O)NC(C)CCc2ccc(F)c(F)c2)c1. The Morgan fingerprint density at radius 3 is 2.50 bits per heavy atom. The van der Waals surface area contributed by atoms with E-state index in [1.807, 2.05) is 38.1 Å². The van der Waals surface area contributed by atoms with Gasteiger partial charge in [0.2, 0.25) is 11.8 Å². The van der Waals surface area contributed by atoms with Gasteiger partial charge in [-0.2, -0.15) is 0 Å². The Balaban J connectivity index is 1.64. The molecule has 2 amide bonds. The van der Waals surface area contributed by atoms with Gasteiger partial charge >= 0.3 is 0 Å². The van der Waals surface area contributed by atoms with Gasteiger partial charge in [-0.15, -0.1) is 11.8 Å². The van der Waals surface area contributed by atoms with E-state index in [1.54, 1.807) is 0 Å². The van der Waals surface area contributed by atoms with Crippen molar-refractivity contribution in [3.05, 3.63) is 65.2 Å². The summed E-state index contributed by atoms with van der Waals surface area (Å²) in [7, 11) is 0. The van der Waals surface area contributed by atoms with Gasteiger partial charge in [0.15, 0.2) is 11.6 Å². The molecular weight excluding hydrogens is 382 g/mol. The van der Waals surface area contributed by atoms with Gasteiger partial charge in [0.05, 0.1) is 11.5 Å². The average Bonchev–Trinajstić information content (AvgIpc) is 2.62. The van der Waals surface area contributed by atoms with Gasteiger partial charge in [-0.05, 0) is 62.1 Å². The molecule has 0 heterocycles. The maximum Gasteiger partial charge on any atom is 0.234 e. The lowest BCUT2D eigenvalue weighted by Crippen LogP contribution is -2.34. The van der Waals surface area contributed by atoms with Crippen molar-refractivity contribution in [2.24, 2.45) is 0 Å². The van der Waals surface area contributed by atoms with Crippen LogP contribution in [0.25, 0.3) is 0 Å². The molecule has 2 rings (SSSR count). The summed E-state index contributed by atoms with van der Waals surface area (Å²) in [6.07, 6.45) is 1.14. The maximum atomic E-state index is 13.2. The van der Waals surface area contributed by atoms with E-state index < -0.39 is 11.6 Å². The molecule has 0 saturated carbocycles. The molecule has 4 nitrogen and oxygen atoms in total. The number of carbonyl (C=O) groups is 2. The third-order valence-electron chi connectivity index (χ3n) is 4.03. The number of halogens is 2. The zero-order chi connectivity index (χ0) is 20.5. The van der Waals surface area contributed by atoms with E-state index in [9.17, 15) is 18.4 Å². The molecule has 0 aliphatic carbocycles. The summed E-state index contributed by atoms with van der Waals surface area (Å²) in [6.45, 7) is 3.80.